The van der Waals surface area contributed by atoms with Crippen LogP contribution in [-0.4, -0.2) is 65.4 Å². The fourth-order valence-electron chi connectivity index (χ4n) is 3.97. The molecule has 0 aromatic heterocycles. The maximum atomic E-state index is 13.2. The Hall–Kier alpha value is -1.46. The molecule has 1 aromatic rings. The van der Waals surface area contributed by atoms with Crippen LogP contribution in [0.2, 0.25) is 0 Å². The summed E-state index contributed by atoms with van der Waals surface area (Å²) in [6.07, 6.45) is 1.10. The van der Waals surface area contributed by atoms with E-state index >= 15 is 0 Å². The molecule has 1 aromatic carbocycles. The number of halogens is 1. The lowest BCUT2D eigenvalue weighted by Gasteiger charge is -2.59. The molecule has 2 bridgehead atoms. The first kappa shape index (κ1) is 17.4. The molecule has 5 heteroatoms. The highest BCUT2D eigenvalue weighted by molar-refractivity contribution is 5.85. The van der Waals surface area contributed by atoms with Gasteiger partial charge in [-0.25, -0.2) is 4.39 Å². The van der Waals surface area contributed by atoms with Crippen LogP contribution in [0.5, 0.6) is 0 Å². The summed E-state index contributed by atoms with van der Waals surface area (Å²) in [5.74, 6) is -0.133. The second-order valence-corrected chi connectivity index (χ2v) is 8.28. The van der Waals surface area contributed by atoms with Gasteiger partial charge in [0, 0.05) is 30.7 Å². The Bertz CT molecular complexity index is 596. The number of piperazine rings is 1. The Morgan fingerprint density at radius 2 is 1.71 bits per heavy atom. The predicted molar refractivity (Wildman–Crippen MR) is 93.2 cm³/mol. The van der Waals surface area contributed by atoms with E-state index in [0.29, 0.717) is 12.1 Å². The molecule has 3 atom stereocenters. The van der Waals surface area contributed by atoms with Gasteiger partial charge < -0.3 is 4.90 Å². The van der Waals surface area contributed by atoms with Gasteiger partial charge >= 0.3 is 0 Å². The lowest BCUT2D eigenvalue weighted by atomic mass is 9.83. The van der Waals surface area contributed by atoms with Crippen molar-refractivity contribution in [2.45, 2.75) is 50.9 Å². The molecule has 3 unspecified atom stereocenters. The monoisotopic (exact) mass is 333 g/mol. The molecule has 2 aliphatic rings. The van der Waals surface area contributed by atoms with Crippen LogP contribution >= 0.6 is 0 Å². The average Bonchev–Trinajstić information content (AvgIpc) is 2.48. The Morgan fingerprint density at radius 3 is 2.17 bits per heavy atom. The molecular formula is C19H28FN3O. The highest BCUT2D eigenvalue weighted by Gasteiger charge is 2.50. The minimum absolute atomic E-state index is 0.140. The lowest BCUT2D eigenvalue weighted by Crippen LogP contribution is -2.73. The first-order chi connectivity index (χ1) is 11.2. The summed E-state index contributed by atoms with van der Waals surface area (Å²) in [6, 6.07) is 6.55. The zero-order valence-electron chi connectivity index (χ0n) is 15.3. The largest absolute Gasteiger partial charge is 0.332 e. The molecular weight excluding hydrogens is 305 g/mol. The average molecular weight is 333 g/mol. The van der Waals surface area contributed by atoms with E-state index in [4.69, 9.17) is 0 Å². The molecule has 24 heavy (non-hydrogen) atoms. The molecule has 0 aliphatic carbocycles. The number of benzene rings is 1. The Balaban J connectivity index is 1.77. The fourth-order valence-corrected chi connectivity index (χ4v) is 3.97. The topological polar surface area (TPSA) is 26.8 Å². The van der Waals surface area contributed by atoms with E-state index in [-0.39, 0.29) is 23.3 Å². The summed E-state index contributed by atoms with van der Waals surface area (Å²) in [4.78, 5) is 19.7. The van der Waals surface area contributed by atoms with Crippen LogP contribution in [0, 0.1) is 5.82 Å². The lowest BCUT2D eigenvalue weighted by molar-refractivity contribution is -0.163. The van der Waals surface area contributed by atoms with Crippen LogP contribution in [0.3, 0.4) is 0 Å². The number of carbonyl (C=O) groups excluding carboxylic acids is 1. The number of carbonyl (C=O) groups is 1. The van der Waals surface area contributed by atoms with Gasteiger partial charge in [-0.15, -0.1) is 0 Å². The van der Waals surface area contributed by atoms with Crippen molar-refractivity contribution in [2.75, 3.05) is 27.2 Å². The third-order valence-electron chi connectivity index (χ3n) is 5.33. The Kier molecular flexibility index (Phi) is 4.43. The number of likely N-dealkylation sites (N-methyl/N-ethyl adjacent to an activating group) is 1. The molecule has 0 saturated carbocycles. The number of nitrogens with zero attached hydrogens (tertiary/aromatic N) is 3. The van der Waals surface area contributed by atoms with Gasteiger partial charge in [-0.2, -0.15) is 0 Å². The SMILES string of the molecule is CN(C)C(C(=O)N1C2CC1CN(C(C)(C)C)C2)c1ccc(F)cc1. The second kappa shape index (κ2) is 6.12. The number of fused-ring (bicyclic) bond motifs is 2. The number of piperidine rings is 1. The molecule has 2 aliphatic heterocycles. The van der Waals surface area contributed by atoms with Crippen molar-refractivity contribution in [3.63, 3.8) is 0 Å². The van der Waals surface area contributed by atoms with Crippen LogP contribution < -0.4 is 0 Å². The van der Waals surface area contributed by atoms with E-state index in [1.165, 1.54) is 12.1 Å². The third-order valence-corrected chi connectivity index (χ3v) is 5.33. The van der Waals surface area contributed by atoms with E-state index in [0.717, 1.165) is 25.1 Å². The Labute approximate surface area is 144 Å². The maximum Gasteiger partial charge on any atom is 0.245 e. The van der Waals surface area contributed by atoms with Crippen molar-refractivity contribution in [3.8, 4) is 0 Å². The number of amides is 1. The van der Waals surface area contributed by atoms with Crippen LogP contribution in [0.15, 0.2) is 24.3 Å². The van der Waals surface area contributed by atoms with E-state index in [2.05, 4.69) is 30.6 Å². The van der Waals surface area contributed by atoms with E-state index in [9.17, 15) is 9.18 Å². The van der Waals surface area contributed by atoms with Crippen molar-refractivity contribution in [1.82, 2.24) is 14.7 Å². The summed E-state index contributed by atoms with van der Waals surface area (Å²) in [6.45, 7) is 8.56. The summed E-state index contributed by atoms with van der Waals surface area (Å²) >= 11 is 0. The number of likely N-dealkylation sites (tertiary alicyclic amines) is 2. The molecule has 3 rings (SSSR count). The smallest absolute Gasteiger partial charge is 0.245 e. The van der Waals surface area contributed by atoms with E-state index < -0.39 is 0 Å². The fraction of sp³-hybridized carbons (Fsp3) is 0.632. The standard InChI is InChI=1S/C19H28FN3O/c1-19(2,3)22-11-15-10-16(12-22)23(15)18(24)17(21(4)5)13-6-8-14(20)9-7-13/h6-9,15-17H,10-12H2,1-5H3. The predicted octanol–water partition coefficient (Wildman–Crippen LogP) is 2.51. The second-order valence-electron chi connectivity index (χ2n) is 8.28. The van der Waals surface area contributed by atoms with Crippen molar-refractivity contribution >= 4 is 5.91 Å². The number of hydrogen-bond acceptors (Lipinski definition) is 3. The molecule has 0 N–H and O–H groups in total. The molecule has 2 fully saturated rings. The van der Waals surface area contributed by atoms with Crippen molar-refractivity contribution in [2.24, 2.45) is 0 Å². The highest BCUT2D eigenvalue weighted by atomic mass is 19.1. The van der Waals surface area contributed by atoms with Gasteiger partial charge in [0.05, 0.1) is 0 Å². The quantitative estimate of drug-likeness (QED) is 0.850. The van der Waals surface area contributed by atoms with Gasteiger partial charge in [0.15, 0.2) is 0 Å². The molecule has 4 nitrogen and oxygen atoms in total. The van der Waals surface area contributed by atoms with Crippen molar-refractivity contribution in [1.29, 1.82) is 0 Å². The molecule has 1 amide bonds. The van der Waals surface area contributed by atoms with Gasteiger partial charge in [-0.05, 0) is 59.0 Å². The van der Waals surface area contributed by atoms with Gasteiger partial charge in [-0.1, -0.05) is 12.1 Å². The molecule has 2 heterocycles. The first-order valence-electron chi connectivity index (χ1n) is 8.67. The molecule has 0 radical (unpaired) electrons. The molecule has 2 saturated heterocycles. The van der Waals surface area contributed by atoms with Crippen LogP contribution in [0.4, 0.5) is 4.39 Å². The minimum atomic E-state index is -0.350. The zero-order chi connectivity index (χ0) is 17.6. The minimum Gasteiger partial charge on any atom is -0.332 e. The van der Waals surface area contributed by atoms with Gasteiger partial charge in [-0.3, -0.25) is 14.6 Å². The van der Waals surface area contributed by atoms with E-state index in [1.54, 1.807) is 12.1 Å². The van der Waals surface area contributed by atoms with Gasteiger partial charge in [0.1, 0.15) is 11.9 Å². The normalized spacial score (nSPS) is 25.5. The summed E-state index contributed by atoms with van der Waals surface area (Å²) < 4.78 is 13.2. The van der Waals surface area contributed by atoms with Crippen LogP contribution in [0.25, 0.3) is 0 Å². The summed E-state index contributed by atoms with van der Waals surface area (Å²) in [5, 5.41) is 0. The number of rotatable bonds is 3. The summed E-state index contributed by atoms with van der Waals surface area (Å²) in [7, 11) is 3.81. The van der Waals surface area contributed by atoms with Crippen LogP contribution in [-0.2, 0) is 4.79 Å². The summed E-state index contributed by atoms with van der Waals surface area (Å²) in [5.41, 5.74) is 0.994. The first-order valence-corrected chi connectivity index (χ1v) is 8.67. The zero-order valence-corrected chi connectivity index (χ0v) is 15.3. The van der Waals surface area contributed by atoms with E-state index in [1.807, 2.05) is 19.0 Å². The highest BCUT2D eigenvalue weighted by Crippen LogP contribution is 2.38. The molecule has 0 spiro atoms. The Morgan fingerprint density at radius 1 is 1.17 bits per heavy atom. The van der Waals surface area contributed by atoms with Crippen molar-refractivity contribution < 1.29 is 9.18 Å². The molecule has 132 valence electrons. The van der Waals surface area contributed by atoms with Crippen LogP contribution in [0.1, 0.15) is 38.8 Å². The maximum absolute atomic E-state index is 13.2. The number of hydrogen-bond donors (Lipinski definition) is 0. The van der Waals surface area contributed by atoms with Crippen molar-refractivity contribution in [3.05, 3.63) is 35.6 Å². The van der Waals surface area contributed by atoms with Gasteiger partial charge in [0.25, 0.3) is 0 Å². The van der Waals surface area contributed by atoms with Gasteiger partial charge in [0.2, 0.25) is 5.91 Å². The third kappa shape index (κ3) is 3.07.